The lowest BCUT2D eigenvalue weighted by atomic mass is 9.78. The van der Waals surface area contributed by atoms with Gasteiger partial charge in [0.2, 0.25) is 5.82 Å². The van der Waals surface area contributed by atoms with Crippen molar-refractivity contribution in [2.24, 2.45) is 11.1 Å². The summed E-state index contributed by atoms with van der Waals surface area (Å²) >= 11 is 0. The number of hydrogen-bond donors (Lipinski definition) is 0. The number of methoxy groups -OCH3 is 1. The molecule has 0 amide bonds. The zero-order valence-electron chi connectivity index (χ0n) is 12.4. The Bertz CT molecular complexity index is 621. The number of halogens is 5. The van der Waals surface area contributed by atoms with Gasteiger partial charge in [0, 0.05) is 17.4 Å². The van der Waals surface area contributed by atoms with Crippen molar-refractivity contribution in [2.45, 2.75) is 37.8 Å². The molecule has 2 rings (SSSR count). The van der Waals surface area contributed by atoms with E-state index < -0.39 is 47.2 Å². The zero-order chi connectivity index (χ0) is 17.6. The summed E-state index contributed by atoms with van der Waals surface area (Å²) < 4.78 is 76.6. The van der Waals surface area contributed by atoms with E-state index >= 15 is 0 Å². The van der Waals surface area contributed by atoms with Crippen molar-refractivity contribution >= 4 is 0 Å². The standard InChI is InChI=1S/C14H14F5NO3/c1-6-9(7-4-5-8(15)10(16)11(7)22-3)12(20-21)23-13(6,2)14(17,18)19/h4-6,9,12H,1-3H3/t6?,9?,12-,13-/m1/s1. The minimum atomic E-state index is -4.77. The molecule has 0 spiro atoms. The Morgan fingerprint density at radius 3 is 2.39 bits per heavy atom. The number of rotatable bonds is 3. The first-order valence-electron chi connectivity index (χ1n) is 6.67. The maximum Gasteiger partial charge on any atom is 0.417 e. The van der Waals surface area contributed by atoms with E-state index in [9.17, 15) is 26.9 Å². The number of alkyl halides is 3. The van der Waals surface area contributed by atoms with Crippen LogP contribution in [0.1, 0.15) is 25.3 Å². The van der Waals surface area contributed by atoms with Crippen LogP contribution in [0.2, 0.25) is 0 Å². The molecule has 9 heteroatoms. The van der Waals surface area contributed by atoms with Gasteiger partial charge in [0.15, 0.2) is 23.4 Å². The van der Waals surface area contributed by atoms with Crippen LogP contribution in [-0.4, -0.2) is 25.1 Å². The molecule has 23 heavy (non-hydrogen) atoms. The molecule has 0 saturated carbocycles. The minimum absolute atomic E-state index is 0.100. The molecule has 1 saturated heterocycles. The number of ether oxygens (including phenoxy) is 2. The molecule has 0 N–H and O–H groups in total. The van der Waals surface area contributed by atoms with E-state index in [4.69, 9.17) is 9.47 Å². The number of benzene rings is 1. The fourth-order valence-corrected chi connectivity index (χ4v) is 2.87. The van der Waals surface area contributed by atoms with Crippen LogP contribution < -0.4 is 4.74 Å². The Kier molecular flexibility index (Phi) is 4.36. The lowest BCUT2D eigenvalue weighted by Crippen LogP contribution is -2.46. The predicted molar refractivity (Wildman–Crippen MR) is 69.9 cm³/mol. The van der Waals surface area contributed by atoms with Gasteiger partial charge in [0.25, 0.3) is 0 Å². The van der Waals surface area contributed by atoms with Gasteiger partial charge in [-0.2, -0.15) is 17.6 Å². The van der Waals surface area contributed by atoms with Crippen molar-refractivity contribution < 1.29 is 31.4 Å². The van der Waals surface area contributed by atoms with Gasteiger partial charge in [-0.15, -0.1) is 4.91 Å². The molecule has 1 aliphatic heterocycles. The van der Waals surface area contributed by atoms with E-state index in [1.807, 2.05) is 0 Å². The van der Waals surface area contributed by atoms with E-state index in [2.05, 4.69) is 5.18 Å². The second-order valence-electron chi connectivity index (χ2n) is 5.52. The van der Waals surface area contributed by atoms with Gasteiger partial charge in [-0.1, -0.05) is 13.0 Å². The third kappa shape index (κ3) is 2.56. The highest BCUT2D eigenvalue weighted by atomic mass is 19.4. The predicted octanol–water partition coefficient (Wildman–Crippen LogP) is 4.14. The molecule has 1 heterocycles. The van der Waals surface area contributed by atoms with E-state index in [0.29, 0.717) is 0 Å². The van der Waals surface area contributed by atoms with Crippen molar-refractivity contribution in [1.82, 2.24) is 0 Å². The molecule has 128 valence electrons. The minimum Gasteiger partial charge on any atom is -0.493 e. The van der Waals surface area contributed by atoms with Gasteiger partial charge >= 0.3 is 6.18 Å². The second-order valence-corrected chi connectivity index (χ2v) is 5.52. The first-order chi connectivity index (χ1) is 10.6. The first-order valence-corrected chi connectivity index (χ1v) is 6.67. The highest BCUT2D eigenvalue weighted by Gasteiger charge is 2.65. The van der Waals surface area contributed by atoms with Crippen molar-refractivity contribution in [3.05, 3.63) is 34.2 Å². The molecule has 0 bridgehead atoms. The quantitative estimate of drug-likeness (QED) is 0.614. The summed E-state index contributed by atoms with van der Waals surface area (Å²) in [5, 5.41) is 2.59. The van der Waals surface area contributed by atoms with Crippen LogP contribution in [-0.2, 0) is 4.74 Å². The van der Waals surface area contributed by atoms with Gasteiger partial charge in [0.05, 0.1) is 7.11 Å². The third-order valence-corrected chi connectivity index (χ3v) is 4.39. The van der Waals surface area contributed by atoms with Gasteiger partial charge in [-0.05, 0) is 18.2 Å². The Morgan fingerprint density at radius 1 is 1.30 bits per heavy atom. The summed E-state index contributed by atoms with van der Waals surface area (Å²) in [6.07, 6.45) is -6.47. The summed E-state index contributed by atoms with van der Waals surface area (Å²) in [5.41, 5.74) is -2.75. The van der Waals surface area contributed by atoms with Gasteiger partial charge < -0.3 is 9.47 Å². The topological polar surface area (TPSA) is 47.9 Å². The van der Waals surface area contributed by atoms with Crippen LogP contribution >= 0.6 is 0 Å². The summed E-state index contributed by atoms with van der Waals surface area (Å²) in [4.78, 5) is 11.0. The van der Waals surface area contributed by atoms with E-state index in [1.54, 1.807) is 0 Å². The molecule has 1 aromatic rings. The molecule has 1 aliphatic rings. The molecule has 2 unspecified atom stereocenters. The Morgan fingerprint density at radius 2 is 1.91 bits per heavy atom. The van der Waals surface area contributed by atoms with E-state index in [1.165, 1.54) is 6.92 Å². The molecular weight excluding hydrogens is 325 g/mol. The lowest BCUT2D eigenvalue weighted by molar-refractivity contribution is -0.273. The molecular formula is C14H14F5NO3. The molecule has 4 atom stereocenters. The first kappa shape index (κ1) is 17.6. The van der Waals surface area contributed by atoms with E-state index in [0.717, 1.165) is 26.2 Å². The van der Waals surface area contributed by atoms with Crippen LogP contribution in [0.5, 0.6) is 5.75 Å². The van der Waals surface area contributed by atoms with Crippen LogP contribution in [0.3, 0.4) is 0 Å². The van der Waals surface area contributed by atoms with Gasteiger partial charge in [-0.25, -0.2) is 4.39 Å². The van der Waals surface area contributed by atoms with Gasteiger partial charge in [-0.3, -0.25) is 0 Å². The maximum absolute atomic E-state index is 13.8. The summed E-state index contributed by atoms with van der Waals surface area (Å²) in [7, 11) is 1.05. The van der Waals surface area contributed by atoms with Crippen LogP contribution in [0.25, 0.3) is 0 Å². The Hall–Kier alpha value is -1.77. The monoisotopic (exact) mass is 339 g/mol. The van der Waals surface area contributed by atoms with Crippen molar-refractivity contribution in [2.75, 3.05) is 7.11 Å². The van der Waals surface area contributed by atoms with Crippen molar-refractivity contribution in [3.8, 4) is 5.75 Å². The Balaban J connectivity index is 2.59. The fourth-order valence-electron chi connectivity index (χ4n) is 2.87. The largest absolute Gasteiger partial charge is 0.493 e. The lowest BCUT2D eigenvalue weighted by Gasteiger charge is -2.31. The number of nitroso groups, excluding NO2 is 1. The van der Waals surface area contributed by atoms with Crippen molar-refractivity contribution in [3.63, 3.8) is 0 Å². The highest BCUT2D eigenvalue weighted by molar-refractivity contribution is 5.40. The second kappa shape index (κ2) is 5.70. The smallest absolute Gasteiger partial charge is 0.417 e. The molecule has 0 aliphatic carbocycles. The normalized spacial score (nSPS) is 31.2. The summed E-state index contributed by atoms with van der Waals surface area (Å²) in [6.45, 7) is 2.01. The average Bonchev–Trinajstić information content (AvgIpc) is 2.74. The highest BCUT2D eigenvalue weighted by Crippen LogP contribution is 2.54. The van der Waals surface area contributed by atoms with Crippen LogP contribution in [0, 0.1) is 22.5 Å². The molecule has 1 fully saturated rings. The third-order valence-electron chi connectivity index (χ3n) is 4.39. The maximum atomic E-state index is 13.8. The zero-order valence-corrected chi connectivity index (χ0v) is 12.4. The number of hydrogen-bond acceptors (Lipinski definition) is 4. The summed E-state index contributed by atoms with van der Waals surface area (Å²) in [5.74, 6) is -5.63. The van der Waals surface area contributed by atoms with E-state index in [-0.39, 0.29) is 5.56 Å². The Labute approximate surface area is 128 Å². The average molecular weight is 339 g/mol. The molecule has 0 radical (unpaired) electrons. The number of nitrogens with zero attached hydrogens (tertiary/aromatic N) is 1. The SMILES string of the molecule is COc1c(C2C(C)[C@](C)(C(F)(F)F)O[C@H]2N=O)ccc(F)c1F. The van der Waals surface area contributed by atoms with Gasteiger partial charge in [0.1, 0.15) is 0 Å². The van der Waals surface area contributed by atoms with Crippen LogP contribution in [0.4, 0.5) is 22.0 Å². The molecule has 1 aromatic carbocycles. The summed E-state index contributed by atoms with van der Waals surface area (Å²) in [6, 6.07) is 1.83. The van der Waals surface area contributed by atoms with Crippen LogP contribution in [0.15, 0.2) is 17.3 Å². The molecule has 0 aromatic heterocycles. The molecule has 4 nitrogen and oxygen atoms in total. The van der Waals surface area contributed by atoms with Crippen molar-refractivity contribution in [1.29, 1.82) is 0 Å². The fraction of sp³-hybridized carbons (Fsp3) is 0.571.